The van der Waals surface area contributed by atoms with E-state index in [9.17, 15) is 0 Å². The van der Waals surface area contributed by atoms with Gasteiger partial charge in [0.15, 0.2) is 0 Å². The van der Waals surface area contributed by atoms with Gasteiger partial charge in [-0.15, -0.1) is 11.3 Å². The van der Waals surface area contributed by atoms with E-state index in [1.807, 2.05) is 11.3 Å². The smallest absolute Gasteiger partial charge is 0.0661 e. The van der Waals surface area contributed by atoms with Crippen molar-refractivity contribution in [2.75, 3.05) is 9.80 Å². The van der Waals surface area contributed by atoms with Gasteiger partial charge in [-0.25, -0.2) is 0 Å². The van der Waals surface area contributed by atoms with E-state index in [1.165, 1.54) is 42.1 Å². The van der Waals surface area contributed by atoms with Gasteiger partial charge in [0.25, 0.3) is 0 Å². The van der Waals surface area contributed by atoms with Crippen LogP contribution in [0.1, 0.15) is 0 Å². The van der Waals surface area contributed by atoms with E-state index >= 15 is 0 Å². The Bertz CT molecular complexity index is 2500. The molecule has 49 heavy (non-hydrogen) atoms. The molecule has 0 aliphatic carbocycles. The zero-order valence-corrected chi connectivity index (χ0v) is 27.6. The van der Waals surface area contributed by atoms with Crippen LogP contribution >= 0.6 is 11.3 Å². The first kappa shape index (κ1) is 29.0. The molecule has 8 aromatic carbocycles. The molecule has 0 fully saturated rings. The van der Waals surface area contributed by atoms with E-state index in [-0.39, 0.29) is 0 Å². The van der Waals surface area contributed by atoms with E-state index in [0.717, 1.165) is 34.1 Å². The summed E-state index contributed by atoms with van der Waals surface area (Å²) in [6.07, 6.45) is 0. The molecule has 0 spiro atoms. The van der Waals surface area contributed by atoms with Crippen molar-refractivity contribution in [3.05, 3.63) is 194 Å². The van der Waals surface area contributed by atoms with Crippen LogP contribution in [0.2, 0.25) is 0 Å². The standard InChI is InChI=1S/C46H32N2S/c1-5-16-33(17-6-1)35-19-15-26-39(30-35)48(38-24-11-4-12-25-38)43-32-40(47(36-20-7-2-8-21-36)37-22-9-3-10-23-37)31-42-45-41-27-14-13-18-34(41)28-29-44(45)49-46(42)43/h1-32H. The van der Waals surface area contributed by atoms with E-state index in [1.54, 1.807) is 0 Å². The van der Waals surface area contributed by atoms with Gasteiger partial charge in [0.2, 0.25) is 0 Å². The van der Waals surface area contributed by atoms with Crippen molar-refractivity contribution < 1.29 is 0 Å². The Labute approximate surface area is 290 Å². The lowest BCUT2D eigenvalue weighted by Gasteiger charge is -2.30. The van der Waals surface area contributed by atoms with Crippen molar-refractivity contribution in [2.45, 2.75) is 0 Å². The Morgan fingerprint density at radius 3 is 1.57 bits per heavy atom. The second kappa shape index (κ2) is 12.5. The monoisotopic (exact) mass is 644 g/mol. The molecule has 0 saturated carbocycles. The molecule has 0 amide bonds. The number of thiophene rings is 1. The molecule has 1 aromatic heterocycles. The molecule has 0 atom stereocenters. The van der Waals surface area contributed by atoms with Crippen LogP contribution in [0.5, 0.6) is 0 Å². The number of hydrogen-bond acceptors (Lipinski definition) is 3. The second-order valence-electron chi connectivity index (χ2n) is 12.2. The van der Waals surface area contributed by atoms with Gasteiger partial charge in [-0.2, -0.15) is 0 Å². The predicted molar refractivity (Wildman–Crippen MR) is 212 cm³/mol. The van der Waals surface area contributed by atoms with E-state index in [2.05, 4.69) is 204 Å². The third-order valence-corrected chi connectivity index (χ3v) is 10.4. The lowest BCUT2D eigenvalue weighted by molar-refractivity contribution is 1.26. The molecular formula is C46H32N2S. The summed E-state index contributed by atoms with van der Waals surface area (Å²) in [5, 5.41) is 5.08. The fraction of sp³-hybridized carbons (Fsp3) is 0. The lowest BCUT2D eigenvalue weighted by atomic mass is 10.0. The second-order valence-corrected chi connectivity index (χ2v) is 13.2. The first-order valence-corrected chi connectivity index (χ1v) is 17.4. The van der Waals surface area contributed by atoms with Crippen LogP contribution in [0.25, 0.3) is 42.1 Å². The van der Waals surface area contributed by atoms with Crippen LogP contribution in [0, 0.1) is 0 Å². The maximum absolute atomic E-state index is 2.43. The van der Waals surface area contributed by atoms with Gasteiger partial charge in [-0.05, 0) is 88.6 Å². The van der Waals surface area contributed by atoms with Gasteiger partial charge < -0.3 is 9.80 Å². The van der Waals surface area contributed by atoms with Crippen molar-refractivity contribution in [1.29, 1.82) is 0 Å². The average Bonchev–Trinajstić information content (AvgIpc) is 3.56. The number of nitrogens with zero attached hydrogens (tertiary/aromatic N) is 2. The summed E-state index contributed by atoms with van der Waals surface area (Å²) in [6.45, 7) is 0. The van der Waals surface area contributed by atoms with Crippen molar-refractivity contribution in [3.8, 4) is 11.1 Å². The van der Waals surface area contributed by atoms with Crippen molar-refractivity contribution >= 4 is 76.4 Å². The van der Waals surface area contributed by atoms with Crippen LogP contribution in [-0.2, 0) is 0 Å². The van der Waals surface area contributed by atoms with E-state index in [4.69, 9.17) is 0 Å². The van der Waals surface area contributed by atoms with E-state index < -0.39 is 0 Å². The third kappa shape index (κ3) is 5.31. The highest BCUT2D eigenvalue weighted by atomic mass is 32.1. The summed E-state index contributed by atoms with van der Waals surface area (Å²) in [5.41, 5.74) is 9.08. The van der Waals surface area contributed by atoms with Crippen LogP contribution in [0.4, 0.5) is 34.1 Å². The minimum atomic E-state index is 1.10. The number of rotatable bonds is 7. The summed E-state index contributed by atoms with van der Waals surface area (Å²) >= 11 is 1.87. The minimum Gasteiger partial charge on any atom is -0.310 e. The maximum atomic E-state index is 2.43. The largest absolute Gasteiger partial charge is 0.310 e. The summed E-state index contributed by atoms with van der Waals surface area (Å²) in [6, 6.07) is 69.8. The summed E-state index contributed by atoms with van der Waals surface area (Å²) in [7, 11) is 0. The Kier molecular flexibility index (Phi) is 7.38. The molecule has 0 aliphatic heterocycles. The average molecular weight is 645 g/mol. The van der Waals surface area contributed by atoms with Crippen LogP contribution in [-0.4, -0.2) is 0 Å². The van der Waals surface area contributed by atoms with E-state index in [0.29, 0.717) is 0 Å². The SMILES string of the molecule is c1ccc(-c2cccc(N(c3ccccc3)c3cc(N(c4ccccc4)c4ccccc4)cc4c3sc3ccc5ccccc5c34)c2)cc1. The van der Waals surface area contributed by atoms with Gasteiger partial charge in [0.05, 0.1) is 10.4 Å². The fourth-order valence-corrected chi connectivity index (χ4v) is 8.18. The number of benzene rings is 8. The minimum absolute atomic E-state index is 1.10. The first-order chi connectivity index (χ1) is 24.3. The highest BCUT2D eigenvalue weighted by Gasteiger charge is 2.23. The Morgan fingerprint density at radius 1 is 0.347 bits per heavy atom. The Morgan fingerprint density at radius 2 is 0.898 bits per heavy atom. The van der Waals surface area contributed by atoms with Crippen molar-refractivity contribution in [3.63, 3.8) is 0 Å². The molecule has 232 valence electrons. The third-order valence-electron chi connectivity index (χ3n) is 9.18. The molecule has 0 saturated heterocycles. The number of hydrogen-bond donors (Lipinski definition) is 0. The van der Waals surface area contributed by atoms with Gasteiger partial charge in [-0.3, -0.25) is 0 Å². The molecule has 0 radical (unpaired) electrons. The Balaban J connectivity index is 1.39. The van der Waals surface area contributed by atoms with Gasteiger partial charge in [0, 0.05) is 43.9 Å². The zero-order chi connectivity index (χ0) is 32.6. The molecule has 9 aromatic rings. The topological polar surface area (TPSA) is 6.48 Å². The summed E-state index contributed by atoms with van der Waals surface area (Å²) in [5.74, 6) is 0. The number of fused-ring (bicyclic) bond motifs is 5. The van der Waals surface area contributed by atoms with Crippen LogP contribution in [0.15, 0.2) is 194 Å². The highest BCUT2D eigenvalue weighted by molar-refractivity contribution is 7.26. The molecule has 0 aliphatic rings. The quantitative estimate of drug-likeness (QED) is 0.170. The summed E-state index contributed by atoms with van der Waals surface area (Å²) in [4.78, 5) is 4.81. The predicted octanol–water partition coefficient (Wildman–Crippen LogP) is 13.8. The molecule has 0 unspecified atom stereocenters. The van der Waals surface area contributed by atoms with Gasteiger partial charge in [-0.1, -0.05) is 127 Å². The fourth-order valence-electron chi connectivity index (χ4n) is 6.97. The zero-order valence-electron chi connectivity index (χ0n) is 26.8. The van der Waals surface area contributed by atoms with Gasteiger partial charge >= 0.3 is 0 Å². The molecule has 2 nitrogen and oxygen atoms in total. The molecule has 1 heterocycles. The first-order valence-electron chi connectivity index (χ1n) is 16.6. The molecular weight excluding hydrogens is 613 g/mol. The van der Waals surface area contributed by atoms with Crippen LogP contribution in [0.3, 0.4) is 0 Å². The molecule has 0 bridgehead atoms. The number of para-hydroxylation sites is 3. The van der Waals surface area contributed by atoms with Crippen molar-refractivity contribution in [1.82, 2.24) is 0 Å². The molecule has 9 rings (SSSR count). The van der Waals surface area contributed by atoms with Crippen molar-refractivity contribution in [2.24, 2.45) is 0 Å². The normalized spacial score (nSPS) is 11.3. The highest BCUT2D eigenvalue weighted by Crippen LogP contribution is 2.50. The van der Waals surface area contributed by atoms with Crippen LogP contribution < -0.4 is 9.80 Å². The maximum Gasteiger partial charge on any atom is 0.0661 e. The molecule has 0 N–H and O–H groups in total. The molecule has 3 heteroatoms. The summed E-state index contributed by atoms with van der Waals surface area (Å²) < 4.78 is 2.54. The lowest BCUT2D eigenvalue weighted by Crippen LogP contribution is -2.13. The van der Waals surface area contributed by atoms with Gasteiger partial charge in [0.1, 0.15) is 0 Å². The Hall–Kier alpha value is -6.16. The number of anilines is 6.